The summed E-state index contributed by atoms with van der Waals surface area (Å²) in [7, 11) is 1.30. The fraction of sp³-hybridized carbons (Fsp3) is 0.353. The number of ether oxygens (including phenoxy) is 1. The first-order valence-electron chi connectivity index (χ1n) is 7.21. The van der Waals surface area contributed by atoms with Crippen LogP contribution in [0.5, 0.6) is 0 Å². The van der Waals surface area contributed by atoms with Crippen LogP contribution in [0.2, 0.25) is 0 Å². The first-order valence-corrected chi connectivity index (χ1v) is 8.97. The van der Waals surface area contributed by atoms with E-state index < -0.39 is 23.2 Å². The van der Waals surface area contributed by atoms with Crippen molar-refractivity contribution in [1.29, 1.82) is 5.26 Å². The van der Waals surface area contributed by atoms with Crippen molar-refractivity contribution in [2.75, 3.05) is 7.11 Å². The van der Waals surface area contributed by atoms with Gasteiger partial charge in [-0.05, 0) is 22.9 Å². The SMILES string of the molecule is COC(=O)C1(C#N)[C@H](c2cccs2)CC(=O)C[C@H]1c1cccs1. The van der Waals surface area contributed by atoms with Crippen LogP contribution in [-0.4, -0.2) is 18.9 Å². The van der Waals surface area contributed by atoms with Crippen LogP contribution >= 0.6 is 22.7 Å². The largest absolute Gasteiger partial charge is 0.468 e. The summed E-state index contributed by atoms with van der Waals surface area (Å²) in [6.45, 7) is 0. The number of nitrogens with zero attached hydrogens (tertiary/aromatic N) is 1. The van der Waals surface area contributed by atoms with Crippen LogP contribution in [0, 0.1) is 16.7 Å². The topological polar surface area (TPSA) is 67.2 Å². The molecule has 3 rings (SSSR count). The number of hydrogen-bond acceptors (Lipinski definition) is 6. The molecule has 1 aliphatic rings. The summed E-state index contributed by atoms with van der Waals surface area (Å²) in [6.07, 6.45) is 0.399. The normalized spacial score (nSPS) is 23.2. The predicted molar refractivity (Wildman–Crippen MR) is 88.4 cm³/mol. The molecule has 0 bridgehead atoms. The lowest BCUT2D eigenvalue weighted by atomic mass is 9.59. The van der Waals surface area contributed by atoms with Crippen LogP contribution < -0.4 is 0 Å². The van der Waals surface area contributed by atoms with Crippen LogP contribution in [0.4, 0.5) is 0 Å². The van der Waals surface area contributed by atoms with E-state index in [0.717, 1.165) is 9.75 Å². The fourth-order valence-corrected chi connectivity index (χ4v) is 5.20. The fourth-order valence-electron chi connectivity index (χ4n) is 3.39. The molecule has 2 aromatic heterocycles. The lowest BCUT2D eigenvalue weighted by Gasteiger charge is -2.41. The number of carbonyl (C=O) groups is 2. The van der Waals surface area contributed by atoms with Crippen LogP contribution in [0.1, 0.15) is 34.4 Å². The molecule has 2 heterocycles. The number of esters is 1. The molecule has 0 saturated heterocycles. The Labute approximate surface area is 142 Å². The predicted octanol–water partition coefficient (Wildman–Crippen LogP) is 3.72. The Kier molecular flexibility index (Phi) is 4.33. The molecule has 118 valence electrons. The molecule has 1 saturated carbocycles. The maximum atomic E-state index is 12.7. The van der Waals surface area contributed by atoms with Crippen LogP contribution in [0.25, 0.3) is 0 Å². The highest BCUT2D eigenvalue weighted by atomic mass is 32.1. The highest BCUT2D eigenvalue weighted by Crippen LogP contribution is 2.55. The van der Waals surface area contributed by atoms with E-state index in [1.54, 1.807) is 0 Å². The van der Waals surface area contributed by atoms with E-state index in [-0.39, 0.29) is 18.6 Å². The van der Waals surface area contributed by atoms with E-state index in [1.165, 1.54) is 29.8 Å². The number of ketones is 1. The lowest BCUT2D eigenvalue weighted by Crippen LogP contribution is -2.46. The van der Waals surface area contributed by atoms with Crippen molar-refractivity contribution in [2.45, 2.75) is 24.7 Å². The monoisotopic (exact) mass is 345 g/mol. The summed E-state index contributed by atoms with van der Waals surface area (Å²) in [5.41, 5.74) is -1.36. The van der Waals surface area contributed by atoms with Gasteiger partial charge in [-0.3, -0.25) is 9.59 Å². The summed E-state index contributed by atoms with van der Waals surface area (Å²) >= 11 is 2.94. The van der Waals surface area contributed by atoms with E-state index in [0.29, 0.717) is 0 Å². The van der Waals surface area contributed by atoms with Gasteiger partial charge in [0.1, 0.15) is 5.78 Å². The van der Waals surface area contributed by atoms with Gasteiger partial charge in [0.25, 0.3) is 0 Å². The van der Waals surface area contributed by atoms with Gasteiger partial charge in [-0.15, -0.1) is 22.7 Å². The number of hydrogen-bond donors (Lipinski definition) is 0. The van der Waals surface area contributed by atoms with E-state index >= 15 is 0 Å². The maximum absolute atomic E-state index is 12.7. The molecule has 2 atom stereocenters. The highest BCUT2D eigenvalue weighted by Gasteiger charge is 2.58. The second-order valence-electron chi connectivity index (χ2n) is 5.56. The first kappa shape index (κ1) is 15.9. The van der Waals surface area contributed by atoms with Gasteiger partial charge in [0.05, 0.1) is 13.2 Å². The van der Waals surface area contributed by atoms with Gasteiger partial charge in [0, 0.05) is 34.4 Å². The molecule has 0 unspecified atom stereocenters. The second kappa shape index (κ2) is 6.26. The van der Waals surface area contributed by atoms with Gasteiger partial charge in [-0.2, -0.15) is 5.26 Å². The first-order chi connectivity index (χ1) is 11.1. The Morgan fingerprint density at radius 1 is 1.22 bits per heavy atom. The van der Waals surface area contributed by atoms with Crippen molar-refractivity contribution in [2.24, 2.45) is 5.41 Å². The van der Waals surface area contributed by atoms with Gasteiger partial charge < -0.3 is 4.74 Å². The Morgan fingerprint density at radius 2 is 1.74 bits per heavy atom. The molecule has 0 radical (unpaired) electrons. The third-order valence-electron chi connectivity index (χ3n) is 4.44. The molecule has 0 N–H and O–H groups in total. The standard InChI is InChI=1S/C17H15NO3S2/c1-21-16(20)17(10-18)12(14-4-2-6-22-14)8-11(19)9-13(17)15-5-3-7-23-15/h2-7,12-13H,8-9H2,1H3/t12-,13-/m0/s1. The zero-order chi connectivity index (χ0) is 16.4. The van der Waals surface area contributed by atoms with Gasteiger partial charge in [0.2, 0.25) is 0 Å². The van der Waals surface area contributed by atoms with Crippen molar-refractivity contribution in [1.82, 2.24) is 0 Å². The molecule has 4 nitrogen and oxygen atoms in total. The molecular formula is C17H15NO3S2. The van der Waals surface area contributed by atoms with Crippen molar-refractivity contribution in [3.8, 4) is 6.07 Å². The Balaban J connectivity index is 2.19. The van der Waals surface area contributed by atoms with Gasteiger partial charge in [-0.1, -0.05) is 12.1 Å². The van der Waals surface area contributed by atoms with E-state index in [2.05, 4.69) is 6.07 Å². The molecule has 1 aliphatic carbocycles. The number of nitriles is 1. The van der Waals surface area contributed by atoms with Crippen LogP contribution in [-0.2, 0) is 14.3 Å². The van der Waals surface area contributed by atoms with E-state index in [9.17, 15) is 14.9 Å². The zero-order valence-corrected chi connectivity index (χ0v) is 14.2. The van der Waals surface area contributed by atoms with Crippen molar-refractivity contribution in [3.63, 3.8) is 0 Å². The van der Waals surface area contributed by atoms with Gasteiger partial charge >= 0.3 is 5.97 Å². The average Bonchev–Trinajstić information content (AvgIpc) is 3.26. The lowest BCUT2D eigenvalue weighted by molar-refractivity contribution is -0.154. The molecule has 23 heavy (non-hydrogen) atoms. The van der Waals surface area contributed by atoms with Gasteiger partial charge in [0.15, 0.2) is 5.41 Å². The zero-order valence-electron chi connectivity index (χ0n) is 12.5. The summed E-state index contributed by atoms with van der Waals surface area (Å²) in [5, 5.41) is 13.8. The Bertz CT molecular complexity index is 697. The molecule has 0 amide bonds. The molecule has 2 aromatic rings. The minimum atomic E-state index is -1.36. The summed E-state index contributed by atoms with van der Waals surface area (Å²) in [6, 6.07) is 9.77. The minimum absolute atomic E-state index is 0.0802. The third kappa shape index (κ3) is 2.50. The van der Waals surface area contributed by atoms with Gasteiger partial charge in [-0.25, -0.2) is 0 Å². The second-order valence-corrected chi connectivity index (χ2v) is 7.51. The van der Waals surface area contributed by atoms with E-state index in [1.807, 2.05) is 35.0 Å². The number of Topliss-reactive ketones (excluding diaryl/α,β-unsaturated/α-hetero) is 1. The summed E-state index contributed by atoms with van der Waals surface area (Å²) in [5.74, 6) is -1.40. The average molecular weight is 345 g/mol. The number of carbonyl (C=O) groups excluding carboxylic acids is 2. The van der Waals surface area contributed by atoms with Crippen molar-refractivity contribution in [3.05, 3.63) is 44.8 Å². The van der Waals surface area contributed by atoms with E-state index in [4.69, 9.17) is 4.74 Å². The molecule has 1 fully saturated rings. The minimum Gasteiger partial charge on any atom is -0.468 e. The number of thiophene rings is 2. The third-order valence-corrected chi connectivity index (χ3v) is 6.42. The smallest absolute Gasteiger partial charge is 0.327 e. The Morgan fingerprint density at radius 3 is 2.09 bits per heavy atom. The molecule has 0 spiro atoms. The number of methoxy groups -OCH3 is 1. The highest BCUT2D eigenvalue weighted by molar-refractivity contribution is 7.10. The molecule has 0 aromatic carbocycles. The van der Waals surface area contributed by atoms with Crippen molar-refractivity contribution < 1.29 is 14.3 Å². The molecular weight excluding hydrogens is 330 g/mol. The quantitative estimate of drug-likeness (QED) is 0.795. The van der Waals surface area contributed by atoms with Crippen molar-refractivity contribution >= 4 is 34.4 Å². The molecule has 6 heteroatoms. The summed E-state index contributed by atoms with van der Waals surface area (Å²) < 4.78 is 5.01. The Hall–Kier alpha value is -1.97. The maximum Gasteiger partial charge on any atom is 0.327 e. The molecule has 0 aliphatic heterocycles. The van der Waals surface area contributed by atoms with Crippen LogP contribution in [0.15, 0.2) is 35.0 Å². The van der Waals surface area contributed by atoms with Crippen LogP contribution in [0.3, 0.4) is 0 Å². The summed E-state index contributed by atoms with van der Waals surface area (Å²) in [4.78, 5) is 26.8. The number of rotatable bonds is 3.